The quantitative estimate of drug-likeness (QED) is 0.556. The van der Waals surface area contributed by atoms with Crippen LogP contribution in [0.4, 0.5) is 0 Å². The Kier molecular flexibility index (Phi) is 3.93. The van der Waals surface area contributed by atoms with Gasteiger partial charge < -0.3 is 9.59 Å². The van der Waals surface area contributed by atoms with Crippen molar-refractivity contribution in [3.63, 3.8) is 0 Å². The second-order valence-electron chi connectivity index (χ2n) is 2.88. The molecule has 0 saturated heterocycles. The summed E-state index contributed by atoms with van der Waals surface area (Å²) in [6.07, 6.45) is 1.41. The molecule has 2 unspecified atom stereocenters. The fourth-order valence-corrected chi connectivity index (χ4v) is 0.773. The Morgan fingerprint density at radius 2 is 2.00 bits per heavy atom. The first-order valence-electron chi connectivity index (χ1n) is 3.52. The maximum atomic E-state index is 10.6. The second-order valence-corrected chi connectivity index (χ2v) is 2.88. The van der Waals surface area contributed by atoms with Crippen molar-refractivity contribution in [3.8, 4) is 0 Å². The van der Waals surface area contributed by atoms with Gasteiger partial charge in [0.1, 0.15) is 12.1 Å². The number of rotatable bonds is 4. The molecule has 0 rings (SSSR count). The minimum atomic E-state index is 0.00361. The molecule has 58 valence electrons. The second kappa shape index (κ2) is 4.20. The smallest absolute Gasteiger partial charge is 0.130 e. The molecule has 0 amide bonds. The lowest BCUT2D eigenvalue weighted by molar-refractivity contribution is -0.118. The van der Waals surface area contributed by atoms with E-state index in [2.05, 4.69) is 0 Å². The van der Waals surface area contributed by atoms with Crippen molar-refractivity contribution < 1.29 is 9.59 Å². The van der Waals surface area contributed by atoms with Gasteiger partial charge in [-0.1, -0.05) is 13.8 Å². The molecule has 0 spiro atoms. The van der Waals surface area contributed by atoms with E-state index in [-0.39, 0.29) is 17.6 Å². The van der Waals surface area contributed by atoms with E-state index in [0.717, 1.165) is 6.29 Å². The van der Waals surface area contributed by atoms with Crippen molar-refractivity contribution in [2.45, 2.75) is 27.2 Å². The summed E-state index contributed by atoms with van der Waals surface area (Å²) in [5.74, 6) is 0.347. The minimum absolute atomic E-state index is 0.00361. The number of ketones is 1. The average molecular weight is 142 g/mol. The van der Waals surface area contributed by atoms with Crippen LogP contribution < -0.4 is 0 Å². The van der Waals surface area contributed by atoms with Gasteiger partial charge in [0.15, 0.2) is 0 Å². The average Bonchev–Trinajstić information content (AvgIpc) is 1.85. The van der Waals surface area contributed by atoms with Crippen LogP contribution in [0, 0.1) is 11.8 Å². The van der Waals surface area contributed by atoms with E-state index in [1.165, 1.54) is 0 Å². The Balaban J connectivity index is 3.71. The molecule has 0 fully saturated rings. The summed E-state index contributed by atoms with van der Waals surface area (Å²) in [5.41, 5.74) is 0. The number of hydrogen-bond acceptors (Lipinski definition) is 2. The fraction of sp³-hybridized carbons (Fsp3) is 0.750. The standard InChI is InChI=1S/C8H14O2/c1-6(4-8(3)10)7(2)5-9/h5-7H,4H2,1-3H3. The molecule has 0 aliphatic rings. The molecular weight excluding hydrogens is 128 g/mol. The number of hydrogen-bond donors (Lipinski definition) is 0. The topological polar surface area (TPSA) is 34.1 Å². The first-order chi connectivity index (χ1) is 4.57. The van der Waals surface area contributed by atoms with Crippen LogP contribution >= 0.6 is 0 Å². The number of carbonyl (C=O) groups is 2. The summed E-state index contributed by atoms with van der Waals surface area (Å²) in [7, 11) is 0. The fourth-order valence-electron chi connectivity index (χ4n) is 0.773. The van der Waals surface area contributed by atoms with Crippen LogP contribution in [0.15, 0.2) is 0 Å². The SMILES string of the molecule is CC(=O)CC(C)C(C)C=O. The first kappa shape index (κ1) is 9.34. The number of carbonyl (C=O) groups excluding carboxylic acids is 2. The normalized spacial score (nSPS) is 15.9. The Morgan fingerprint density at radius 1 is 1.50 bits per heavy atom. The van der Waals surface area contributed by atoms with Gasteiger partial charge in [-0.3, -0.25) is 0 Å². The van der Waals surface area contributed by atoms with Gasteiger partial charge in [0.2, 0.25) is 0 Å². The van der Waals surface area contributed by atoms with Gasteiger partial charge in [-0.25, -0.2) is 0 Å². The maximum Gasteiger partial charge on any atom is 0.130 e. The molecule has 0 bridgehead atoms. The van der Waals surface area contributed by atoms with Gasteiger partial charge in [-0.2, -0.15) is 0 Å². The Hall–Kier alpha value is -0.660. The van der Waals surface area contributed by atoms with Crippen LogP contribution in [0.3, 0.4) is 0 Å². The molecule has 2 atom stereocenters. The van der Waals surface area contributed by atoms with Crippen molar-refractivity contribution in [1.82, 2.24) is 0 Å². The van der Waals surface area contributed by atoms with E-state index in [1.807, 2.05) is 13.8 Å². The van der Waals surface area contributed by atoms with Gasteiger partial charge in [0.25, 0.3) is 0 Å². The third-order valence-electron chi connectivity index (χ3n) is 1.72. The highest BCUT2D eigenvalue weighted by atomic mass is 16.1. The zero-order valence-corrected chi connectivity index (χ0v) is 6.76. The molecule has 0 N–H and O–H groups in total. The van der Waals surface area contributed by atoms with Crippen LogP contribution in [-0.2, 0) is 9.59 Å². The predicted molar refractivity (Wildman–Crippen MR) is 39.7 cm³/mol. The van der Waals surface area contributed by atoms with Crippen molar-refractivity contribution in [2.24, 2.45) is 11.8 Å². The van der Waals surface area contributed by atoms with E-state index in [0.29, 0.717) is 6.42 Å². The molecule has 0 aromatic rings. The highest BCUT2D eigenvalue weighted by Crippen LogP contribution is 2.12. The molecule has 0 saturated carbocycles. The number of Topliss-reactive ketones (excluding diaryl/α,β-unsaturated/α-hetero) is 1. The highest BCUT2D eigenvalue weighted by molar-refractivity contribution is 5.76. The maximum absolute atomic E-state index is 10.6. The van der Waals surface area contributed by atoms with Gasteiger partial charge in [-0.15, -0.1) is 0 Å². The van der Waals surface area contributed by atoms with E-state index < -0.39 is 0 Å². The monoisotopic (exact) mass is 142 g/mol. The van der Waals surface area contributed by atoms with Crippen molar-refractivity contribution in [3.05, 3.63) is 0 Å². The third-order valence-corrected chi connectivity index (χ3v) is 1.72. The van der Waals surface area contributed by atoms with Gasteiger partial charge >= 0.3 is 0 Å². The van der Waals surface area contributed by atoms with Gasteiger partial charge in [-0.05, 0) is 12.8 Å². The van der Waals surface area contributed by atoms with Crippen molar-refractivity contribution in [2.75, 3.05) is 0 Å². The van der Waals surface area contributed by atoms with Crippen LogP contribution in [0.25, 0.3) is 0 Å². The lowest BCUT2D eigenvalue weighted by Gasteiger charge is -2.10. The summed E-state index contributed by atoms with van der Waals surface area (Å²) < 4.78 is 0. The summed E-state index contributed by atoms with van der Waals surface area (Å²) in [6.45, 7) is 5.30. The molecule has 0 aliphatic heterocycles. The van der Waals surface area contributed by atoms with Crippen LogP contribution in [0.1, 0.15) is 27.2 Å². The molecule has 0 radical (unpaired) electrons. The summed E-state index contributed by atoms with van der Waals surface area (Å²) in [6, 6.07) is 0. The Morgan fingerprint density at radius 3 is 2.30 bits per heavy atom. The van der Waals surface area contributed by atoms with E-state index in [1.54, 1.807) is 6.92 Å². The third kappa shape index (κ3) is 3.38. The summed E-state index contributed by atoms with van der Waals surface area (Å²) >= 11 is 0. The molecule has 10 heavy (non-hydrogen) atoms. The molecule has 0 aromatic carbocycles. The van der Waals surface area contributed by atoms with Crippen LogP contribution in [-0.4, -0.2) is 12.1 Å². The summed E-state index contributed by atoms with van der Waals surface area (Å²) in [5, 5.41) is 0. The number of aldehydes is 1. The zero-order valence-electron chi connectivity index (χ0n) is 6.76. The first-order valence-corrected chi connectivity index (χ1v) is 3.52. The molecule has 0 aromatic heterocycles. The van der Waals surface area contributed by atoms with Gasteiger partial charge in [0.05, 0.1) is 0 Å². The van der Waals surface area contributed by atoms with E-state index >= 15 is 0 Å². The van der Waals surface area contributed by atoms with E-state index in [4.69, 9.17) is 0 Å². The summed E-state index contributed by atoms with van der Waals surface area (Å²) in [4.78, 5) is 20.8. The Bertz CT molecular complexity index is 129. The largest absolute Gasteiger partial charge is 0.303 e. The predicted octanol–water partition coefficient (Wildman–Crippen LogP) is 1.44. The van der Waals surface area contributed by atoms with Crippen molar-refractivity contribution >= 4 is 12.1 Å². The minimum Gasteiger partial charge on any atom is -0.303 e. The molecular formula is C8H14O2. The van der Waals surface area contributed by atoms with Crippen LogP contribution in [0.5, 0.6) is 0 Å². The lowest BCUT2D eigenvalue weighted by atomic mass is 9.93. The van der Waals surface area contributed by atoms with Crippen molar-refractivity contribution in [1.29, 1.82) is 0 Å². The van der Waals surface area contributed by atoms with E-state index in [9.17, 15) is 9.59 Å². The molecule has 0 aliphatic carbocycles. The molecule has 2 heteroatoms. The lowest BCUT2D eigenvalue weighted by Crippen LogP contribution is -2.12. The van der Waals surface area contributed by atoms with Gasteiger partial charge in [0, 0.05) is 12.3 Å². The molecule has 2 nitrogen and oxygen atoms in total. The zero-order chi connectivity index (χ0) is 8.15. The van der Waals surface area contributed by atoms with Crippen LogP contribution in [0.2, 0.25) is 0 Å². The molecule has 0 heterocycles. The highest BCUT2D eigenvalue weighted by Gasteiger charge is 2.12. The Labute approximate surface area is 61.6 Å².